The molecular formula is C22H47NO. The molecule has 0 aliphatic rings. The van der Waals surface area contributed by atoms with Gasteiger partial charge < -0.3 is 10.4 Å². The third-order valence-electron chi connectivity index (χ3n) is 4.76. The van der Waals surface area contributed by atoms with Gasteiger partial charge in [-0.15, -0.1) is 0 Å². The van der Waals surface area contributed by atoms with Gasteiger partial charge in [-0.3, -0.25) is 0 Å². The summed E-state index contributed by atoms with van der Waals surface area (Å²) >= 11 is 0. The van der Waals surface area contributed by atoms with E-state index in [1.807, 2.05) is 13.8 Å². The number of hydrogen-bond acceptors (Lipinski definition) is 2. The maximum atomic E-state index is 9.59. The van der Waals surface area contributed by atoms with Gasteiger partial charge in [-0.25, -0.2) is 0 Å². The van der Waals surface area contributed by atoms with Crippen LogP contribution in [0.4, 0.5) is 0 Å². The van der Waals surface area contributed by atoms with Gasteiger partial charge in [-0.1, -0.05) is 103 Å². The molecule has 0 saturated heterocycles. The van der Waals surface area contributed by atoms with Crippen molar-refractivity contribution >= 4 is 0 Å². The molecule has 0 rings (SSSR count). The summed E-state index contributed by atoms with van der Waals surface area (Å²) < 4.78 is 0. The summed E-state index contributed by atoms with van der Waals surface area (Å²) in [6, 6.07) is 0. The second-order valence-electron chi connectivity index (χ2n) is 8.29. The van der Waals surface area contributed by atoms with E-state index >= 15 is 0 Å². The highest BCUT2D eigenvalue weighted by atomic mass is 16.3. The molecule has 0 aliphatic carbocycles. The topological polar surface area (TPSA) is 32.3 Å². The predicted molar refractivity (Wildman–Crippen MR) is 109 cm³/mol. The van der Waals surface area contributed by atoms with E-state index in [2.05, 4.69) is 12.2 Å². The van der Waals surface area contributed by atoms with Gasteiger partial charge in [0.05, 0.1) is 5.60 Å². The van der Waals surface area contributed by atoms with Crippen molar-refractivity contribution < 1.29 is 5.11 Å². The smallest absolute Gasteiger partial charge is 0.0715 e. The molecule has 0 spiro atoms. The van der Waals surface area contributed by atoms with E-state index in [9.17, 15) is 5.11 Å². The van der Waals surface area contributed by atoms with Crippen LogP contribution in [0.15, 0.2) is 0 Å². The zero-order valence-electron chi connectivity index (χ0n) is 17.2. The van der Waals surface area contributed by atoms with Crippen LogP contribution in [0.1, 0.15) is 124 Å². The van der Waals surface area contributed by atoms with Gasteiger partial charge in [-0.2, -0.15) is 0 Å². The molecule has 0 aromatic rings. The van der Waals surface area contributed by atoms with Gasteiger partial charge in [0.2, 0.25) is 0 Å². The van der Waals surface area contributed by atoms with E-state index < -0.39 is 5.60 Å². The highest BCUT2D eigenvalue weighted by Gasteiger charge is 2.10. The van der Waals surface area contributed by atoms with Crippen LogP contribution in [0.25, 0.3) is 0 Å². The fourth-order valence-electron chi connectivity index (χ4n) is 3.19. The van der Waals surface area contributed by atoms with Crippen LogP contribution in [0.2, 0.25) is 0 Å². The first-order valence-corrected chi connectivity index (χ1v) is 11.0. The highest BCUT2D eigenvalue weighted by molar-refractivity contribution is 4.67. The van der Waals surface area contributed by atoms with Crippen molar-refractivity contribution in [2.45, 2.75) is 129 Å². The van der Waals surface area contributed by atoms with Crippen LogP contribution >= 0.6 is 0 Å². The predicted octanol–water partition coefficient (Wildman–Crippen LogP) is 6.61. The lowest BCUT2D eigenvalue weighted by atomic mass is 10.0. The number of rotatable bonds is 19. The summed E-state index contributed by atoms with van der Waals surface area (Å²) in [6.45, 7) is 7.74. The minimum Gasteiger partial charge on any atom is -0.389 e. The summed E-state index contributed by atoms with van der Waals surface area (Å²) in [5.74, 6) is 0. The van der Waals surface area contributed by atoms with E-state index in [0.29, 0.717) is 6.54 Å². The Hall–Kier alpha value is -0.0800. The van der Waals surface area contributed by atoms with Gasteiger partial charge in [-0.05, 0) is 26.8 Å². The van der Waals surface area contributed by atoms with Crippen molar-refractivity contribution in [3.63, 3.8) is 0 Å². The van der Waals surface area contributed by atoms with Gasteiger partial charge in [0.1, 0.15) is 0 Å². The van der Waals surface area contributed by atoms with E-state index in [-0.39, 0.29) is 0 Å². The Morgan fingerprint density at radius 1 is 0.583 bits per heavy atom. The van der Waals surface area contributed by atoms with Crippen LogP contribution in [0.3, 0.4) is 0 Å². The molecule has 0 saturated carbocycles. The lowest BCUT2D eigenvalue weighted by Gasteiger charge is -2.17. The normalized spacial score (nSPS) is 12.0. The standard InChI is InChI=1S/C22H47NO/c1-4-5-6-7-8-9-10-11-12-13-14-15-16-17-18-19-20-23-21-22(2,3)24/h23-24H,4-21H2,1-3H3. The fraction of sp³-hybridized carbons (Fsp3) is 1.00. The van der Waals surface area contributed by atoms with Crippen LogP contribution in [0.5, 0.6) is 0 Å². The van der Waals surface area contributed by atoms with Crippen molar-refractivity contribution in [2.24, 2.45) is 0 Å². The largest absolute Gasteiger partial charge is 0.389 e. The Labute approximate surface area is 153 Å². The molecule has 0 heterocycles. The quantitative estimate of drug-likeness (QED) is 0.259. The lowest BCUT2D eigenvalue weighted by Crippen LogP contribution is -2.35. The Morgan fingerprint density at radius 3 is 1.25 bits per heavy atom. The zero-order chi connectivity index (χ0) is 17.9. The minimum absolute atomic E-state index is 0.574. The molecule has 0 radical (unpaired) electrons. The number of aliphatic hydroxyl groups is 1. The molecule has 2 heteroatoms. The van der Waals surface area contributed by atoms with Crippen molar-refractivity contribution in [3.8, 4) is 0 Å². The molecule has 0 aromatic heterocycles. The summed E-state index contributed by atoms with van der Waals surface area (Å²) in [4.78, 5) is 0. The molecule has 0 aromatic carbocycles. The molecule has 2 nitrogen and oxygen atoms in total. The van der Waals surface area contributed by atoms with Crippen molar-refractivity contribution in [1.82, 2.24) is 5.32 Å². The summed E-state index contributed by atoms with van der Waals surface area (Å²) in [5.41, 5.74) is -0.574. The van der Waals surface area contributed by atoms with Crippen molar-refractivity contribution in [1.29, 1.82) is 0 Å². The Bertz CT molecular complexity index is 235. The van der Waals surface area contributed by atoms with E-state index in [4.69, 9.17) is 0 Å². The zero-order valence-corrected chi connectivity index (χ0v) is 17.2. The fourth-order valence-corrected chi connectivity index (χ4v) is 3.19. The van der Waals surface area contributed by atoms with Crippen molar-refractivity contribution in [3.05, 3.63) is 0 Å². The van der Waals surface area contributed by atoms with E-state index in [1.165, 1.54) is 103 Å². The molecular weight excluding hydrogens is 294 g/mol. The number of nitrogens with one attached hydrogen (secondary N) is 1. The van der Waals surface area contributed by atoms with Crippen molar-refractivity contribution in [2.75, 3.05) is 13.1 Å². The molecule has 0 fully saturated rings. The first-order valence-electron chi connectivity index (χ1n) is 11.0. The highest BCUT2D eigenvalue weighted by Crippen LogP contribution is 2.13. The minimum atomic E-state index is -0.574. The molecule has 2 N–H and O–H groups in total. The van der Waals surface area contributed by atoms with E-state index in [0.717, 1.165) is 6.54 Å². The lowest BCUT2D eigenvalue weighted by molar-refractivity contribution is 0.0799. The average Bonchev–Trinajstić information content (AvgIpc) is 2.52. The third kappa shape index (κ3) is 21.9. The van der Waals surface area contributed by atoms with Gasteiger partial charge >= 0.3 is 0 Å². The first kappa shape index (κ1) is 23.9. The molecule has 146 valence electrons. The van der Waals surface area contributed by atoms with Crippen LogP contribution < -0.4 is 5.32 Å². The molecule has 24 heavy (non-hydrogen) atoms. The van der Waals surface area contributed by atoms with Gasteiger partial charge in [0, 0.05) is 6.54 Å². The molecule has 0 atom stereocenters. The van der Waals surface area contributed by atoms with Gasteiger partial charge in [0.15, 0.2) is 0 Å². The average molecular weight is 342 g/mol. The number of hydrogen-bond donors (Lipinski definition) is 2. The Kier molecular flexibility index (Phi) is 17.7. The summed E-state index contributed by atoms with van der Waals surface area (Å²) in [5, 5.41) is 12.9. The Morgan fingerprint density at radius 2 is 0.917 bits per heavy atom. The van der Waals surface area contributed by atoms with Gasteiger partial charge in [0.25, 0.3) is 0 Å². The van der Waals surface area contributed by atoms with E-state index in [1.54, 1.807) is 0 Å². The second-order valence-corrected chi connectivity index (χ2v) is 8.29. The maximum absolute atomic E-state index is 9.59. The van der Waals surface area contributed by atoms with Crippen LogP contribution in [0, 0.1) is 0 Å². The monoisotopic (exact) mass is 341 g/mol. The third-order valence-corrected chi connectivity index (χ3v) is 4.76. The molecule has 0 bridgehead atoms. The number of unbranched alkanes of at least 4 members (excludes halogenated alkanes) is 15. The molecule has 0 amide bonds. The Balaban J connectivity index is 3.00. The maximum Gasteiger partial charge on any atom is 0.0715 e. The second kappa shape index (κ2) is 17.7. The molecule has 0 aliphatic heterocycles. The first-order chi connectivity index (χ1) is 11.6. The SMILES string of the molecule is CCCCCCCCCCCCCCCCCCNCC(C)(C)O. The van der Waals surface area contributed by atoms with Crippen LogP contribution in [-0.2, 0) is 0 Å². The molecule has 0 unspecified atom stereocenters. The van der Waals surface area contributed by atoms with Crippen LogP contribution in [-0.4, -0.2) is 23.8 Å². The summed E-state index contributed by atoms with van der Waals surface area (Å²) in [6.07, 6.45) is 22.7. The summed E-state index contributed by atoms with van der Waals surface area (Å²) in [7, 11) is 0.